The maximum Gasteiger partial charge on any atom is 0.255 e. The molecule has 3 heteroatoms. The second-order valence-electron chi connectivity index (χ2n) is 7.08. The molecule has 0 spiro atoms. The van der Waals surface area contributed by atoms with Gasteiger partial charge in [-0.1, -0.05) is 24.5 Å². The van der Waals surface area contributed by atoms with E-state index in [1.165, 1.54) is 12.8 Å². The largest absolute Gasteiger partial charge is 0.333 e. The smallest absolute Gasteiger partial charge is 0.255 e. The first-order valence-electron chi connectivity index (χ1n) is 8.68. The molecule has 23 heavy (non-hydrogen) atoms. The molecule has 0 atom stereocenters. The van der Waals surface area contributed by atoms with Gasteiger partial charge in [-0.05, 0) is 58.7 Å². The van der Waals surface area contributed by atoms with Gasteiger partial charge >= 0.3 is 0 Å². The monoisotopic (exact) mass is 310 g/mol. The lowest BCUT2D eigenvalue weighted by atomic mass is 10.0. The van der Waals surface area contributed by atoms with Crippen molar-refractivity contribution in [1.29, 1.82) is 0 Å². The lowest BCUT2D eigenvalue weighted by Gasteiger charge is -2.33. The number of amides is 1. The van der Waals surface area contributed by atoms with Gasteiger partial charge in [0.25, 0.3) is 5.91 Å². The molecule has 0 radical (unpaired) electrons. The highest BCUT2D eigenvalue weighted by molar-refractivity contribution is 6.06. The molecular formula is C20H26N2O. The first-order valence-corrected chi connectivity index (χ1v) is 8.68. The van der Waals surface area contributed by atoms with E-state index < -0.39 is 0 Å². The van der Waals surface area contributed by atoms with E-state index in [9.17, 15) is 4.79 Å². The summed E-state index contributed by atoms with van der Waals surface area (Å²) in [5, 5.41) is 0.976. The summed E-state index contributed by atoms with van der Waals surface area (Å²) >= 11 is 0. The van der Waals surface area contributed by atoms with Crippen molar-refractivity contribution < 1.29 is 4.79 Å². The van der Waals surface area contributed by atoms with Crippen molar-refractivity contribution in [2.75, 3.05) is 0 Å². The van der Waals surface area contributed by atoms with E-state index in [1.807, 2.05) is 19.1 Å². The first kappa shape index (κ1) is 16.0. The van der Waals surface area contributed by atoms with Crippen LogP contribution >= 0.6 is 0 Å². The number of aryl methyl sites for hydroxylation is 2. The Kier molecular flexibility index (Phi) is 4.38. The van der Waals surface area contributed by atoms with E-state index in [-0.39, 0.29) is 11.9 Å². The van der Waals surface area contributed by atoms with Gasteiger partial charge in [-0.3, -0.25) is 9.78 Å². The number of aromatic nitrogens is 1. The predicted molar refractivity (Wildman–Crippen MR) is 94.8 cm³/mol. The van der Waals surface area contributed by atoms with Crippen LogP contribution in [0.25, 0.3) is 10.9 Å². The van der Waals surface area contributed by atoms with Crippen LogP contribution in [0.15, 0.2) is 24.3 Å². The number of carbonyl (C=O) groups is 1. The maximum atomic E-state index is 13.3. The Bertz CT molecular complexity index is 730. The van der Waals surface area contributed by atoms with Crippen LogP contribution in [-0.2, 0) is 0 Å². The lowest BCUT2D eigenvalue weighted by Crippen LogP contribution is -2.43. The second-order valence-corrected chi connectivity index (χ2v) is 7.08. The van der Waals surface area contributed by atoms with Crippen molar-refractivity contribution in [3.8, 4) is 0 Å². The molecule has 0 N–H and O–H groups in total. The Hall–Kier alpha value is -1.90. The van der Waals surface area contributed by atoms with Crippen LogP contribution in [0.5, 0.6) is 0 Å². The average Bonchev–Trinajstić information content (AvgIpc) is 3.00. The van der Waals surface area contributed by atoms with Gasteiger partial charge in [-0.25, -0.2) is 0 Å². The van der Waals surface area contributed by atoms with Crippen molar-refractivity contribution in [2.45, 2.75) is 65.5 Å². The van der Waals surface area contributed by atoms with Gasteiger partial charge < -0.3 is 4.90 Å². The molecular weight excluding hydrogens is 284 g/mol. The van der Waals surface area contributed by atoms with Crippen LogP contribution in [0.2, 0.25) is 0 Å². The predicted octanol–water partition coefficient (Wildman–Crippen LogP) is 4.64. The van der Waals surface area contributed by atoms with Crippen LogP contribution in [0.3, 0.4) is 0 Å². The van der Waals surface area contributed by atoms with E-state index in [0.717, 1.165) is 40.6 Å². The summed E-state index contributed by atoms with van der Waals surface area (Å²) in [5.41, 5.74) is 3.78. The Labute approximate surface area is 138 Å². The van der Waals surface area contributed by atoms with Crippen molar-refractivity contribution in [3.63, 3.8) is 0 Å². The topological polar surface area (TPSA) is 33.2 Å². The highest BCUT2D eigenvalue weighted by Gasteiger charge is 2.30. The SMILES string of the molecule is Cc1ccc2nc(C)cc(C(=O)N(C(C)C)C3CCCC3)c2c1. The molecule has 0 aliphatic heterocycles. The molecule has 0 bridgehead atoms. The third-order valence-electron chi connectivity index (χ3n) is 4.83. The molecule has 1 aromatic heterocycles. The normalized spacial score (nSPS) is 15.5. The van der Waals surface area contributed by atoms with Gasteiger partial charge in [0.1, 0.15) is 0 Å². The van der Waals surface area contributed by atoms with Crippen molar-refractivity contribution in [2.24, 2.45) is 0 Å². The molecule has 0 saturated heterocycles. The highest BCUT2D eigenvalue weighted by atomic mass is 16.2. The molecule has 1 aromatic carbocycles. The van der Waals surface area contributed by atoms with E-state index >= 15 is 0 Å². The van der Waals surface area contributed by atoms with Crippen molar-refractivity contribution >= 4 is 16.8 Å². The number of pyridine rings is 1. The minimum absolute atomic E-state index is 0.160. The zero-order chi connectivity index (χ0) is 16.6. The van der Waals surface area contributed by atoms with E-state index in [4.69, 9.17) is 0 Å². The van der Waals surface area contributed by atoms with E-state index in [2.05, 4.69) is 42.8 Å². The zero-order valence-electron chi connectivity index (χ0n) is 14.6. The Morgan fingerprint density at radius 3 is 2.52 bits per heavy atom. The lowest BCUT2D eigenvalue weighted by molar-refractivity contribution is 0.0615. The second kappa shape index (κ2) is 6.31. The highest BCUT2D eigenvalue weighted by Crippen LogP contribution is 2.29. The third kappa shape index (κ3) is 3.10. The van der Waals surface area contributed by atoms with Crippen LogP contribution < -0.4 is 0 Å². The molecule has 1 aliphatic carbocycles. The number of nitrogens with zero attached hydrogens (tertiary/aromatic N) is 2. The summed E-state index contributed by atoms with van der Waals surface area (Å²) in [5.74, 6) is 0.160. The maximum absolute atomic E-state index is 13.3. The minimum Gasteiger partial charge on any atom is -0.333 e. The molecule has 3 nitrogen and oxygen atoms in total. The average molecular weight is 310 g/mol. The molecule has 1 saturated carbocycles. The minimum atomic E-state index is 0.160. The van der Waals surface area contributed by atoms with Crippen molar-refractivity contribution in [3.05, 3.63) is 41.1 Å². The fourth-order valence-electron chi connectivity index (χ4n) is 3.79. The zero-order valence-corrected chi connectivity index (χ0v) is 14.6. The molecule has 1 aliphatic rings. The van der Waals surface area contributed by atoms with Gasteiger partial charge in [0.15, 0.2) is 0 Å². The third-order valence-corrected chi connectivity index (χ3v) is 4.83. The fraction of sp³-hybridized carbons (Fsp3) is 0.500. The van der Waals surface area contributed by atoms with Crippen LogP contribution in [0.1, 0.15) is 61.1 Å². The van der Waals surface area contributed by atoms with Crippen LogP contribution in [0.4, 0.5) is 0 Å². The summed E-state index contributed by atoms with van der Waals surface area (Å²) in [4.78, 5) is 20.0. The Balaban J connectivity index is 2.10. The Morgan fingerprint density at radius 1 is 1.17 bits per heavy atom. The molecule has 0 unspecified atom stereocenters. The number of carbonyl (C=O) groups excluding carboxylic acids is 1. The standard InChI is InChI=1S/C20H26N2O/c1-13(2)22(16-7-5-6-8-16)20(23)18-12-15(4)21-19-10-9-14(3)11-17(18)19/h9-13,16H,5-8H2,1-4H3. The Morgan fingerprint density at radius 2 is 1.87 bits per heavy atom. The van der Waals surface area contributed by atoms with Gasteiger partial charge in [0.2, 0.25) is 0 Å². The van der Waals surface area contributed by atoms with Gasteiger partial charge in [-0.15, -0.1) is 0 Å². The van der Waals surface area contributed by atoms with E-state index in [0.29, 0.717) is 6.04 Å². The molecule has 1 heterocycles. The number of hydrogen-bond acceptors (Lipinski definition) is 2. The summed E-state index contributed by atoms with van der Waals surface area (Å²) in [6, 6.07) is 8.72. The number of rotatable bonds is 3. The summed E-state index contributed by atoms with van der Waals surface area (Å²) in [6.07, 6.45) is 4.72. The van der Waals surface area contributed by atoms with Gasteiger partial charge in [0, 0.05) is 23.2 Å². The van der Waals surface area contributed by atoms with Gasteiger partial charge in [-0.2, -0.15) is 0 Å². The summed E-state index contributed by atoms with van der Waals surface area (Å²) in [7, 11) is 0. The number of hydrogen-bond donors (Lipinski definition) is 0. The molecule has 2 aromatic rings. The first-order chi connectivity index (χ1) is 11.0. The molecule has 1 fully saturated rings. The summed E-state index contributed by atoms with van der Waals surface area (Å²) < 4.78 is 0. The summed E-state index contributed by atoms with van der Waals surface area (Å²) in [6.45, 7) is 8.27. The molecule has 122 valence electrons. The fourth-order valence-corrected chi connectivity index (χ4v) is 3.79. The molecule has 3 rings (SSSR count). The van der Waals surface area contributed by atoms with Crippen LogP contribution in [-0.4, -0.2) is 27.9 Å². The number of benzene rings is 1. The van der Waals surface area contributed by atoms with E-state index in [1.54, 1.807) is 0 Å². The number of fused-ring (bicyclic) bond motifs is 1. The quantitative estimate of drug-likeness (QED) is 0.827. The van der Waals surface area contributed by atoms with Gasteiger partial charge in [0.05, 0.1) is 11.1 Å². The van der Waals surface area contributed by atoms with Crippen LogP contribution in [0, 0.1) is 13.8 Å². The van der Waals surface area contributed by atoms with Crippen molar-refractivity contribution in [1.82, 2.24) is 9.88 Å². The molecule has 1 amide bonds.